The second-order valence-electron chi connectivity index (χ2n) is 3.64. The summed E-state index contributed by atoms with van der Waals surface area (Å²) in [5.41, 5.74) is 0. The Morgan fingerprint density at radius 1 is 1.08 bits per heavy atom. The van der Waals surface area contributed by atoms with E-state index in [4.69, 9.17) is 4.74 Å². The molecule has 1 saturated heterocycles. The molecule has 1 unspecified atom stereocenters. The molecule has 0 radical (unpaired) electrons. The topological polar surface area (TPSA) is 69.9 Å². The second-order valence-corrected chi connectivity index (χ2v) is 3.64. The third-order valence-corrected chi connectivity index (χ3v) is 2.52. The minimum Gasteiger partial charge on any atom is -0.388 e. The van der Waals surface area contributed by atoms with Crippen LogP contribution in [0, 0.1) is 0 Å². The maximum atomic E-state index is 9.52. The quantitative estimate of drug-likeness (QED) is 0.557. The second kappa shape index (κ2) is 4.37. The molecule has 1 rings (SSSR count). The van der Waals surface area contributed by atoms with Gasteiger partial charge < -0.3 is 20.1 Å². The zero-order chi connectivity index (χ0) is 10.0. The van der Waals surface area contributed by atoms with Crippen LogP contribution in [0.25, 0.3) is 0 Å². The summed E-state index contributed by atoms with van der Waals surface area (Å²) in [6, 6.07) is 0. The van der Waals surface area contributed by atoms with E-state index >= 15 is 0 Å². The first kappa shape index (κ1) is 10.9. The largest absolute Gasteiger partial charge is 0.388 e. The SMILES string of the molecule is CCCC1O[C@@H](C)[C@@H](O)[C@@H](O)[C@@H]1O. The molecule has 5 atom stereocenters. The molecule has 1 aliphatic rings. The molecule has 0 spiro atoms. The van der Waals surface area contributed by atoms with Crippen molar-refractivity contribution in [1.82, 2.24) is 0 Å². The summed E-state index contributed by atoms with van der Waals surface area (Å²) in [5, 5.41) is 28.3. The summed E-state index contributed by atoms with van der Waals surface area (Å²) in [6.45, 7) is 3.68. The number of hydrogen-bond donors (Lipinski definition) is 3. The molecular weight excluding hydrogens is 172 g/mol. The van der Waals surface area contributed by atoms with Gasteiger partial charge in [0.25, 0.3) is 0 Å². The summed E-state index contributed by atoms with van der Waals surface area (Å²) in [4.78, 5) is 0. The van der Waals surface area contributed by atoms with Gasteiger partial charge >= 0.3 is 0 Å². The van der Waals surface area contributed by atoms with Gasteiger partial charge in [-0.3, -0.25) is 0 Å². The van der Waals surface area contributed by atoms with Crippen molar-refractivity contribution in [2.75, 3.05) is 0 Å². The Morgan fingerprint density at radius 3 is 2.23 bits per heavy atom. The van der Waals surface area contributed by atoms with E-state index in [1.807, 2.05) is 6.92 Å². The fourth-order valence-corrected chi connectivity index (χ4v) is 1.66. The predicted molar refractivity (Wildman–Crippen MR) is 47.3 cm³/mol. The van der Waals surface area contributed by atoms with Crippen LogP contribution in [0.5, 0.6) is 0 Å². The van der Waals surface area contributed by atoms with E-state index in [1.54, 1.807) is 6.92 Å². The summed E-state index contributed by atoms with van der Waals surface area (Å²) < 4.78 is 5.36. The summed E-state index contributed by atoms with van der Waals surface area (Å²) in [5.74, 6) is 0. The van der Waals surface area contributed by atoms with Crippen LogP contribution in [-0.4, -0.2) is 45.8 Å². The van der Waals surface area contributed by atoms with Gasteiger partial charge in [0.05, 0.1) is 12.2 Å². The number of hydrogen-bond acceptors (Lipinski definition) is 4. The molecule has 13 heavy (non-hydrogen) atoms. The van der Waals surface area contributed by atoms with Crippen molar-refractivity contribution < 1.29 is 20.1 Å². The van der Waals surface area contributed by atoms with E-state index in [0.29, 0.717) is 6.42 Å². The van der Waals surface area contributed by atoms with Gasteiger partial charge in [0.15, 0.2) is 0 Å². The molecule has 4 heteroatoms. The Hall–Kier alpha value is -0.160. The normalized spacial score (nSPS) is 46.4. The van der Waals surface area contributed by atoms with Crippen molar-refractivity contribution in [3.05, 3.63) is 0 Å². The van der Waals surface area contributed by atoms with Crippen LogP contribution in [0.2, 0.25) is 0 Å². The van der Waals surface area contributed by atoms with Crippen LogP contribution in [0.15, 0.2) is 0 Å². The van der Waals surface area contributed by atoms with Gasteiger partial charge in [-0.2, -0.15) is 0 Å². The zero-order valence-corrected chi connectivity index (χ0v) is 8.05. The highest BCUT2D eigenvalue weighted by molar-refractivity contribution is 4.90. The first-order valence-electron chi connectivity index (χ1n) is 4.77. The lowest BCUT2D eigenvalue weighted by Gasteiger charge is -2.39. The lowest BCUT2D eigenvalue weighted by atomic mass is 9.93. The number of ether oxygens (including phenoxy) is 1. The molecule has 78 valence electrons. The highest BCUT2D eigenvalue weighted by atomic mass is 16.5. The van der Waals surface area contributed by atoms with E-state index in [2.05, 4.69) is 0 Å². The number of aliphatic hydroxyl groups excluding tert-OH is 3. The summed E-state index contributed by atoms with van der Waals surface area (Å²) >= 11 is 0. The Labute approximate surface area is 78.1 Å². The molecule has 0 aromatic heterocycles. The molecule has 0 aromatic carbocycles. The molecule has 4 nitrogen and oxygen atoms in total. The molecule has 1 heterocycles. The third kappa shape index (κ3) is 2.20. The highest BCUT2D eigenvalue weighted by Gasteiger charge is 2.40. The van der Waals surface area contributed by atoms with Crippen LogP contribution >= 0.6 is 0 Å². The molecule has 0 aliphatic carbocycles. The third-order valence-electron chi connectivity index (χ3n) is 2.52. The molecular formula is C9H18O4. The molecule has 0 saturated carbocycles. The smallest absolute Gasteiger partial charge is 0.111 e. The molecule has 1 fully saturated rings. The zero-order valence-electron chi connectivity index (χ0n) is 8.05. The summed E-state index contributed by atoms with van der Waals surface area (Å²) in [7, 11) is 0. The van der Waals surface area contributed by atoms with Gasteiger partial charge in [-0.05, 0) is 13.3 Å². The number of aliphatic hydroxyl groups is 3. The van der Waals surface area contributed by atoms with Gasteiger partial charge in [0.1, 0.15) is 18.3 Å². The first-order chi connectivity index (χ1) is 6.07. The molecule has 0 aromatic rings. The average molecular weight is 190 g/mol. The Balaban J connectivity index is 2.59. The highest BCUT2D eigenvalue weighted by Crippen LogP contribution is 2.23. The lowest BCUT2D eigenvalue weighted by Crippen LogP contribution is -2.56. The molecule has 1 aliphatic heterocycles. The minimum absolute atomic E-state index is 0.349. The van der Waals surface area contributed by atoms with Crippen molar-refractivity contribution in [2.24, 2.45) is 0 Å². The maximum Gasteiger partial charge on any atom is 0.111 e. The molecule has 0 bridgehead atoms. The molecule has 3 N–H and O–H groups in total. The predicted octanol–water partition coefficient (Wildman–Crippen LogP) is -0.344. The van der Waals surface area contributed by atoms with E-state index in [-0.39, 0.29) is 6.10 Å². The van der Waals surface area contributed by atoms with Gasteiger partial charge in [-0.25, -0.2) is 0 Å². The fraction of sp³-hybridized carbons (Fsp3) is 1.00. The average Bonchev–Trinajstić information content (AvgIpc) is 2.11. The van der Waals surface area contributed by atoms with Crippen LogP contribution in [0.1, 0.15) is 26.7 Å². The first-order valence-corrected chi connectivity index (χ1v) is 4.77. The van der Waals surface area contributed by atoms with Gasteiger partial charge in [-0.15, -0.1) is 0 Å². The summed E-state index contributed by atoms with van der Waals surface area (Å²) in [6.07, 6.45) is -2.20. The maximum absolute atomic E-state index is 9.52. The van der Waals surface area contributed by atoms with Gasteiger partial charge in [0, 0.05) is 0 Å². The van der Waals surface area contributed by atoms with E-state index in [0.717, 1.165) is 6.42 Å². The Bertz CT molecular complexity index is 162. The Morgan fingerprint density at radius 2 is 1.69 bits per heavy atom. The fourth-order valence-electron chi connectivity index (χ4n) is 1.66. The van der Waals surface area contributed by atoms with Crippen LogP contribution in [-0.2, 0) is 4.74 Å². The number of rotatable bonds is 2. The van der Waals surface area contributed by atoms with E-state index in [9.17, 15) is 15.3 Å². The van der Waals surface area contributed by atoms with Gasteiger partial charge in [-0.1, -0.05) is 13.3 Å². The Kier molecular flexibility index (Phi) is 3.67. The minimum atomic E-state index is -1.08. The van der Waals surface area contributed by atoms with Crippen LogP contribution in [0.3, 0.4) is 0 Å². The van der Waals surface area contributed by atoms with Gasteiger partial charge in [0.2, 0.25) is 0 Å². The molecule has 0 amide bonds. The van der Waals surface area contributed by atoms with Crippen molar-refractivity contribution in [3.8, 4) is 0 Å². The monoisotopic (exact) mass is 190 g/mol. The van der Waals surface area contributed by atoms with Crippen molar-refractivity contribution in [1.29, 1.82) is 0 Å². The van der Waals surface area contributed by atoms with Crippen molar-refractivity contribution >= 4 is 0 Å². The standard InChI is InChI=1S/C9H18O4/c1-3-4-6-8(11)9(12)7(10)5(2)13-6/h5-12H,3-4H2,1-2H3/t5-,6?,7+,8+,9+/m0/s1. The van der Waals surface area contributed by atoms with E-state index < -0.39 is 24.4 Å². The van der Waals surface area contributed by atoms with Crippen LogP contribution in [0.4, 0.5) is 0 Å². The van der Waals surface area contributed by atoms with Crippen molar-refractivity contribution in [3.63, 3.8) is 0 Å². The lowest BCUT2D eigenvalue weighted by molar-refractivity contribution is -0.218. The van der Waals surface area contributed by atoms with E-state index in [1.165, 1.54) is 0 Å². The van der Waals surface area contributed by atoms with Crippen LogP contribution < -0.4 is 0 Å². The van der Waals surface area contributed by atoms with Crippen molar-refractivity contribution in [2.45, 2.75) is 57.2 Å².